The summed E-state index contributed by atoms with van der Waals surface area (Å²) in [5, 5.41) is 3.81. The van der Waals surface area contributed by atoms with Gasteiger partial charge in [-0.1, -0.05) is 26.2 Å². The second-order valence-electron chi connectivity index (χ2n) is 4.88. The van der Waals surface area contributed by atoms with E-state index in [9.17, 15) is 0 Å². The number of rotatable bonds is 5. The predicted molar refractivity (Wildman–Crippen MR) is 56.8 cm³/mol. The molecule has 0 bridgehead atoms. The molecule has 1 heteroatoms. The quantitative estimate of drug-likeness (QED) is 0.687. The van der Waals surface area contributed by atoms with Gasteiger partial charge in [0.15, 0.2) is 0 Å². The van der Waals surface area contributed by atoms with Crippen LogP contribution in [0.3, 0.4) is 0 Å². The van der Waals surface area contributed by atoms with E-state index < -0.39 is 0 Å². The molecule has 2 rings (SSSR count). The average Bonchev–Trinajstić information content (AvgIpc) is 2.82. The Morgan fingerprint density at radius 3 is 2.69 bits per heavy atom. The lowest BCUT2D eigenvalue weighted by atomic mass is 9.97. The second kappa shape index (κ2) is 4.45. The molecule has 0 amide bonds. The van der Waals surface area contributed by atoms with Crippen molar-refractivity contribution >= 4 is 0 Å². The first-order valence-corrected chi connectivity index (χ1v) is 6.16. The number of hydrogen-bond donors (Lipinski definition) is 1. The van der Waals surface area contributed by atoms with E-state index in [0.29, 0.717) is 0 Å². The SMILES string of the molecule is CCCCC1CCCC1NC1CC1. The highest BCUT2D eigenvalue weighted by atomic mass is 15.0. The van der Waals surface area contributed by atoms with Crippen LogP contribution in [-0.4, -0.2) is 12.1 Å². The molecule has 2 aliphatic rings. The Labute approximate surface area is 82.3 Å². The Kier molecular flexibility index (Phi) is 3.26. The van der Waals surface area contributed by atoms with Crippen LogP contribution in [0, 0.1) is 5.92 Å². The summed E-state index contributed by atoms with van der Waals surface area (Å²) < 4.78 is 0. The molecular weight excluding hydrogens is 158 g/mol. The van der Waals surface area contributed by atoms with Crippen molar-refractivity contribution in [2.45, 2.75) is 70.4 Å². The molecule has 0 saturated heterocycles. The van der Waals surface area contributed by atoms with Gasteiger partial charge in [-0.05, 0) is 38.0 Å². The van der Waals surface area contributed by atoms with Gasteiger partial charge in [0.25, 0.3) is 0 Å². The monoisotopic (exact) mass is 181 g/mol. The summed E-state index contributed by atoms with van der Waals surface area (Å²) in [6, 6.07) is 1.80. The Hall–Kier alpha value is -0.0400. The molecule has 2 unspecified atom stereocenters. The van der Waals surface area contributed by atoms with Gasteiger partial charge in [0.05, 0.1) is 0 Å². The molecule has 2 saturated carbocycles. The van der Waals surface area contributed by atoms with Gasteiger partial charge in [0.2, 0.25) is 0 Å². The molecule has 76 valence electrons. The Morgan fingerprint density at radius 1 is 1.15 bits per heavy atom. The molecule has 0 radical (unpaired) electrons. The molecule has 0 aliphatic heterocycles. The summed E-state index contributed by atoms with van der Waals surface area (Å²) in [6.45, 7) is 2.30. The summed E-state index contributed by atoms with van der Waals surface area (Å²) >= 11 is 0. The van der Waals surface area contributed by atoms with Gasteiger partial charge in [0, 0.05) is 12.1 Å². The third kappa shape index (κ3) is 2.70. The van der Waals surface area contributed by atoms with Crippen LogP contribution in [0.5, 0.6) is 0 Å². The average molecular weight is 181 g/mol. The van der Waals surface area contributed by atoms with Crippen LogP contribution in [0.2, 0.25) is 0 Å². The van der Waals surface area contributed by atoms with Crippen LogP contribution >= 0.6 is 0 Å². The zero-order chi connectivity index (χ0) is 9.10. The van der Waals surface area contributed by atoms with Gasteiger partial charge in [-0.15, -0.1) is 0 Å². The minimum absolute atomic E-state index is 0.888. The Bertz CT molecular complexity index is 151. The van der Waals surface area contributed by atoms with E-state index in [0.717, 1.165) is 18.0 Å². The minimum Gasteiger partial charge on any atom is -0.311 e. The summed E-state index contributed by atoms with van der Waals surface area (Å²) in [5.74, 6) is 1.01. The van der Waals surface area contributed by atoms with E-state index in [1.807, 2.05) is 0 Å². The maximum Gasteiger partial charge on any atom is 0.00979 e. The summed E-state index contributed by atoms with van der Waals surface area (Å²) in [6.07, 6.45) is 11.6. The Morgan fingerprint density at radius 2 is 2.00 bits per heavy atom. The highest BCUT2D eigenvalue weighted by Crippen LogP contribution is 2.32. The first-order valence-electron chi connectivity index (χ1n) is 6.16. The van der Waals surface area contributed by atoms with Gasteiger partial charge in [-0.3, -0.25) is 0 Å². The topological polar surface area (TPSA) is 12.0 Å². The molecule has 2 fully saturated rings. The zero-order valence-corrected chi connectivity index (χ0v) is 8.89. The van der Waals surface area contributed by atoms with Crippen molar-refractivity contribution in [3.63, 3.8) is 0 Å². The highest BCUT2D eigenvalue weighted by Gasteiger charge is 2.31. The van der Waals surface area contributed by atoms with E-state index in [-0.39, 0.29) is 0 Å². The second-order valence-corrected chi connectivity index (χ2v) is 4.88. The summed E-state index contributed by atoms with van der Waals surface area (Å²) in [5.41, 5.74) is 0. The molecule has 2 aliphatic carbocycles. The van der Waals surface area contributed by atoms with E-state index in [1.165, 1.54) is 51.4 Å². The van der Waals surface area contributed by atoms with E-state index in [1.54, 1.807) is 0 Å². The molecule has 0 aromatic carbocycles. The van der Waals surface area contributed by atoms with Gasteiger partial charge in [0.1, 0.15) is 0 Å². The molecular formula is C12H23N. The van der Waals surface area contributed by atoms with Crippen LogP contribution in [0.1, 0.15) is 58.3 Å². The maximum atomic E-state index is 3.81. The molecule has 1 N–H and O–H groups in total. The fourth-order valence-corrected chi connectivity index (χ4v) is 2.62. The lowest BCUT2D eigenvalue weighted by molar-refractivity contribution is 0.368. The van der Waals surface area contributed by atoms with Gasteiger partial charge >= 0.3 is 0 Å². The molecule has 1 nitrogen and oxygen atoms in total. The van der Waals surface area contributed by atoms with Gasteiger partial charge in [-0.25, -0.2) is 0 Å². The third-order valence-electron chi connectivity index (χ3n) is 3.61. The van der Waals surface area contributed by atoms with Crippen LogP contribution in [0.25, 0.3) is 0 Å². The highest BCUT2D eigenvalue weighted by molar-refractivity contribution is 4.90. The third-order valence-corrected chi connectivity index (χ3v) is 3.61. The molecule has 0 heterocycles. The van der Waals surface area contributed by atoms with Crippen LogP contribution in [-0.2, 0) is 0 Å². The predicted octanol–water partition coefficient (Wildman–Crippen LogP) is 3.10. The maximum absolute atomic E-state index is 3.81. The number of nitrogens with one attached hydrogen (secondary N) is 1. The lowest BCUT2D eigenvalue weighted by Gasteiger charge is -2.20. The summed E-state index contributed by atoms with van der Waals surface area (Å²) in [7, 11) is 0. The van der Waals surface area contributed by atoms with Crippen LogP contribution < -0.4 is 5.32 Å². The first kappa shape index (κ1) is 9.51. The zero-order valence-electron chi connectivity index (χ0n) is 8.89. The standard InChI is InChI=1S/C12H23N/c1-2-3-5-10-6-4-7-12(10)13-11-8-9-11/h10-13H,2-9H2,1H3. The Balaban J connectivity index is 1.72. The van der Waals surface area contributed by atoms with Gasteiger partial charge in [-0.2, -0.15) is 0 Å². The van der Waals surface area contributed by atoms with E-state index in [4.69, 9.17) is 0 Å². The smallest absolute Gasteiger partial charge is 0.00979 e. The van der Waals surface area contributed by atoms with Crippen molar-refractivity contribution in [3.8, 4) is 0 Å². The van der Waals surface area contributed by atoms with E-state index >= 15 is 0 Å². The van der Waals surface area contributed by atoms with Crippen molar-refractivity contribution in [2.75, 3.05) is 0 Å². The first-order chi connectivity index (χ1) is 6.40. The molecule has 13 heavy (non-hydrogen) atoms. The minimum atomic E-state index is 0.888. The molecule has 0 aromatic rings. The van der Waals surface area contributed by atoms with Crippen molar-refractivity contribution in [2.24, 2.45) is 5.92 Å². The number of hydrogen-bond acceptors (Lipinski definition) is 1. The van der Waals surface area contributed by atoms with Crippen LogP contribution in [0.15, 0.2) is 0 Å². The van der Waals surface area contributed by atoms with Crippen LogP contribution in [0.4, 0.5) is 0 Å². The fraction of sp³-hybridized carbons (Fsp3) is 1.00. The molecule has 0 spiro atoms. The van der Waals surface area contributed by atoms with Gasteiger partial charge < -0.3 is 5.32 Å². The lowest BCUT2D eigenvalue weighted by Crippen LogP contribution is -2.33. The summed E-state index contributed by atoms with van der Waals surface area (Å²) in [4.78, 5) is 0. The molecule has 2 atom stereocenters. The van der Waals surface area contributed by atoms with Crippen molar-refractivity contribution in [1.82, 2.24) is 5.32 Å². The molecule has 0 aromatic heterocycles. The fourth-order valence-electron chi connectivity index (χ4n) is 2.62. The number of unbranched alkanes of at least 4 members (excludes halogenated alkanes) is 1. The van der Waals surface area contributed by atoms with Crippen molar-refractivity contribution in [1.29, 1.82) is 0 Å². The normalized spacial score (nSPS) is 33.9. The van der Waals surface area contributed by atoms with E-state index in [2.05, 4.69) is 12.2 Å². The van der Waals surface area contributed by atoms with Crippen molar-refractivity contribution < 1.29 is 0 Å². The van der Waals surface area contributed by atoms with Crippen molar-refractivity contribution in [3.05, 3.63) is 0 Å². The largest absolute Gasteiger partial charge is 0.311 e.